The van der Waals surface area contributed by atoms with Crippen LogP contribution in [0.4, 0.5) is 14.6 Å². The number of halogens is 2. The van der Waals surface area contributed by atoms with Crippen molar-refractivity contribution in [2.45, 2.75) is 55.9 Å². The van der Waals surface area contributed by atoms with E-state index in [2.05, 4.69) is 25.1 Å². The third-order valence-corrected chi connectivity index (χ3v) is 9.49. The highest BCUT2D eigenvalue weighted by atomic mass is 19.1. The highest BCUT2D eigenvalue weighted by Crippen LogP contribution is 2.41. The van der Waals surface area contributed by atoms with Gasteiger partial charge in [0.05, 0.1) is 10.9 Å². The number of benzene rings is 2. The summed E-state index contributed by atoms with van der Waals surface area (Å²) >= 11 is 0. The summed E-state index contributed by atoms with van der Waals surface area (Å²) in [7, 11) is 0. The average Bonchev–Trinajstić information content (AvgIpc) is 3.61. The van der Waals surface area contributed by atoms with Crippen LogP contribution < -0.4 is 15.0 Å². The third kappa shape index (κ3) is 4.18. The smallest absolute Gasteiger partial charge is 0.319 e. The van der Waals surface area contributed by atoms with E-state index in [-0.39, 0.29) is 35.1 Å². The molecule has 2 aromatic heterocycles. The lowest BCUT2D eigenvalue weighted by molar-refractivity contribution is 0.107. The number of fused-ring (bicyclic) bond motifs is 5. The molecule has 0 unspecified atom stereocenters. The molecule has 41 heavy (non-hydrogen) atoms. The zero-order valence-electron chi connectivity index (χ0n) is 22.7. The number of alkyl halides is 1. The molecule has 0 aliphatic carbocycles. The van der Waals surface area contributed by atoms with Crippen molar-refractivity contribution >= 4 is 27.5 Å². The molecule has 2 bridgehead atoms. The second-order valence-corrected chi connectivity index (χ2v) is 12.1. The number of hydrogen-bond acceptors (Lipinski definition) is 8. The van der Waals surface area contributed by atoms with Crippen LogP contribution in [0.25, 0.3) is 32.9 Å². The number of pyridine rings is 1. The van der Waals surface area contributed by atoms with Gasteiger partial charge in [-0.1, -0.05) is 24.3 Å². The van der Waals surface area contributed by atoms with E-state index >= 15 is 4.39 Å². The van der Waals surface area contributed by atoms with Crippen LogP contribution in [-0.4, -0.2) is 81.5 Å². The number of hydrogen-bond donors (Lipinski definition) is 2. The van der Waals surface area contributed by atoms with Crippen LogP contribution in [0.2, 0.25) is 0 Å². The molecular formula is C31H32F2N6O2. The zero-order chi connectivity index (χ0) is 27.7. The van der Waals surface area contributed by atoms with Crippen LogP contribution in [0.1, 0.15) is 32.1 Å². The summed E-state index contributed by atoms with van der Waals surface area (Å²) in [5.74, 6) is 0.0553. The molecule has 8 rings (SSSR count). The monoisotopic (exact) mass is 558 g/mol. The molecule has 212 valence electrons. The molecule has 4 fully saturated rings. The fourth-order valence-corrected chi connectivity index (χ4v) is 7.62. The van der Waals surface area contributed by atoms with E-state index in [0.717, 1.165) is 56.1 Å². The lowest BCUT2D eigenvalue weighted by Gasteiger charge is -2.34. The summed E-state index contributed by atoms with van der Waals surface area (Å²) in [5, 5.41) is 16.1. The van der Waals surface area contributed by atoms with Gasteiger partial charge in [0.25, 0.3) is 0 Å². The number of anilines is 1. The van der Waals surface area contributed by atoms with Gasteiger partial charge in [0, 0.05) is 49.9 Å². The fourth-order valence-electron chi connectivity index (χ4n) is 7.62. The summed E-state index contributed by atoms with van der Waals surface area (Å²) in [5.41, 5.74) is 0.360. The highest BCUT2D eigenvalue weighted by molar-refractivity contribution is 5.99. The van der Waals surface area contributed by atoms with Crippen molar-refractivity contribution in [3.05, 3.63) is 48.4 Å². The van der Waals surface area contributed by atoms with Crippen molar-refractivity contribution in [1.82, 2.24) is 25.2 Å². The van der Waals surface area contributed by atoms with Gasteiger partial charge < -0.3 is 20.1 Å². The second kappa shape index (κ2) is 9.46. The Balaban J connectivity index is 1.24. The molecule has 4 aliphatic heterocycles. The Kier molecular flexibility index (Phi) is 5.79. The molecule has 0 radical (unpaired) electrons. The summed E-state index contributed by atoms with van der Waals surface area (Å²) in [4.78, 5) is 18.4. The predicted octanol–water partition coefficient (Wildman–Crippen LogP) is 4.59. The van der Waals surface area contributed by atoms with E-state index in [4.69, 9.17) is 9.72 Å². The van der Waals surface area contributed by atoms with Crippen molar-refractivity contribution in [2.24, 2.45) is 0 Å². The third-order valence-electron chi connectivity index (χ3n) is 9.49. The second-order valence-electron chi connectivity index (χ2n) is 12.1. The topological polar surface area (TPSA) is 86.6 Å². The molecule has 10 heteroatoms. The van der Waals surface area contributed by atoms with Crippen LogP contribution >= 0.6 is 0 Å². The van der Waals surface area contributed by atoms with Gasteiger partial charge in [-0.15, -0.1) is 0 Å². The first-order chi connectivity index (χ1) is 20.0. The average molecular weight is 559 g/mol. The largest absolute Gasteiger partial charge is 0.508 e. The number of aromatic hydroxyl groups is 1. The Morgan fingerprint density at radius 1 is 1.07 bits per heavy atom. The molecule has 4 saturated heterocycles. The Morgan fingerprint density at radius 3 is 2.76 bits per heavy atom. The Bertz CT molecular complexity index is 1660. The van der Waals surface area contributed by atoms with E-state index < -0.39 is 12.0 Å². The van der Waals surface area contributed by atoms with E-state index in [0.29, 0.717) is 41.8 Å². The SMILES string of the molecule is Oc1cc(-c2ncc3c(N4C[C@H]5CC[C@@H](C4)N5)nc(OC[C@]45CCCN4C[C@@H](F)C5)nc3c2F)c2ccccc2c1. The van der Waals surface area contributed by atoms with Gasteiger partial charge in [0.15, 0.2) is 5.82 Å². The van der Waals surface area contributed by atoms with Gasteiger partial charge in [-0.2, -0.15) is 9.97 Å². The molecule has 8 nitrogen and oxygen atoms in total. The minimum Gasteiger partial charge on any atom is -0.508 e. The molecule has 0 spiro atoms. The number of ether oxygens (including phenoxy) is 1. The molecule has 4 atom stereocenters. The Morgan fingerprint density at radius 2 is 1.90 bits per heavy atom. The maximum Gasteiger partial charge on any atom is 0.319 e. The number of phenolic OH excluding ortho intramolecular Hbond substituents is 1. The van der Waals surface area contributed by atoms with Crippen molar-refractivity contribution in [3.63, 3.8) is 0 Å². The van der Waals surface area contributed by atoms with Gasteiger partial charge in [-0.3, -0.25) is 9.88 Å². The minimum absolute atomic E-state index is 0.0341. The molecule has 4 aromatic rings. The molecule has 4 aliphatic rings. The maximum absolute atomic E-state index is 16.5. The van der Waals surface area contributed by atoms with Crippen molar-refractivity contribution in [2.75, 3.05) is 37.7 Å². The number of piperazine rings is 1. The number of rotatable bonds is 5. The molecular weight excluding hydrogens is 526 g/mol. The van der Waals surface area contributed by atoms with Crippen molar-refractivity contribution < 1.29 is 18.6 Å². The van der Waals surface area contributed by atoms with E-state index in [1.807, 2.05) is 24.3 Å². The van der Waals surface area contributed by atoms with Crippen molar-refractivity contribution in [1.29, 1.82) is 0 Å². The Hall–Kier alpha value is -3.63. The molecule has 2 N–H and O–H groups in total. The normalized spacial score (nSPS) is 27.7. The standard InChI is InChI=1S/C31H32F2N6O2/c32-19-12-31(8-3-9-39(31)14-19)17-41-30-36-28-25(29(37-30)38-15-20-6-7-21(16-38)35-20)13-34-27(26(28)33)24-11-22(40)10-18-4-1-2-5-23(18)24/h1-2,4-5,10-11,13,19-21,35,40H,3,6-9,12,14-17H2/t19-,20-,21+,31+/m0/s1. The van der Waals surface area contributed by atoms with Crippen LogP contribution in [0.3, 0.4) is 0 Å². The molecule has 6 heterocycles. The molecule has 0 saturated carbocycles. The van der Waals surface area contributed by atoms with E-state index in [1.165, 1.54) is 6.07 Å². The predicted molar refractivity (Wildman–Crippen MR) is 153 cm³/mol. The van der Waals surface area contributed by atoms with Crippen LogP contribution in [-0.2, 0) is 0 Å². The zero-order valence-corrected chi connectivity index (χ0v) is 22.7. The van der Waals surface area contributed by atoms with Gasteiger partial charge in [0.2, 0.25) is 0 Å². The number of nitrogens with zero attached hydrogens (tertiary/aromatic N) is 5. The van der Waals surface area contributed by atoms with Crippen LogP contribution in [0, 0.1) is 5.82 Å². The van der Waals surface area contributed by atoms with Gasteiger partial charge >= 0.3 is 6.01 Å². The summed E-state index contributed by atoms with van der Waals surface area (Å²) in [6.45, 7) is 3.06. The summed E-state index contributed by atoms with van der Waals surface area (Å²) in [6.07, 6.45) is 5.26. The van der Waals surface area contributed by atoms with E-state index in [9.17, 15) is 9.50 Å². The lowest BCUT2D eigenvalue weighted by Crippen LogP contribution is -2.51. The lowest BCUT2D eigenvalue weighted by atomic mass is 9.95. The first-order valence-electron chi connectivity index (χ1n) is 14.6. The number of phenols is 1. The molecule has 0 amide bonds. The van der Waals surface area contributed by atoms with Crippen LogP contribution in [0.5, 0.6) is 11.8 Å². The first kappa shape index (κ1) is 25.1. The number of aromatic nitrogens is 3. The van der Waals surface area contributed by atoms with Crippen LogP contribution in [0.15, 0.2) is 42.6 Å². The minimum atomic E-state index is -0.869. The maximum atomic E-state index is 16.5. The van der Waals surface area contributed by atoms with Gasteiger partial charge in [0.1, 0.15) is 35.6 Å². The summed E-state index contributed by atoms with van der Waals surface area (Å²) in [6, 6.07) is 11.5. The molecule has 2 aromatic carbocycles. The van der Waals surface area contributed by atoms with E-state index in [1.54, 1.807) is 12.3 Å². The highest BCUT2D eigenvalue weighted by Gasteiger charge is 2.49. The quantitative estimate of drug-likeness (QED) is 0.368. The van der Waals surface area contributed by atoms with Gasteiger partial charge in [-0.05, 0) is 55.1 Å². The fraction of sp³-hybridized carbons (Fsp3) is 0.452. The first-order valence-corrected chi connectivity index (χ1v) is 14.6. The Labute approximate surface area is 236 Å². The van der Waals surface area contributed by atoms with Gasteiger partial charge in [-0.25, -0.2) is 8.78 Å². The van der Waals surface area contributed by atoms with Crippen molar-refractivity contribution in [3.8, 4) is 23.0 Å². The summed E-state index contributed by atoms with van der Waals surface area (Å²) < 4.78 is 37.2. The number of nitrogens with one attached hydrogen (secondary N) is 1.